The highest BCUT2D eigenvalue weighted by atomic mass is 32.2. The number of nitrogens with zero attached hydrogens (tertiary/aromatic N) is 3. The van der Waals surface area contributed by atoms with E-state index in [4.69, 9.17) is 4.74 Å². The number of aryl methyl sites for hydroxylation is 3. The van der Waals surface area contributed by atoms with Gasteiger partial charge in [-0.05, 0) is 65.2 Å². The van der Waals surface area contributed by atoms with E-state index in [0.717, 1.165) is 6.54 Å². The van der Waals surface area contributed by atoms with Gasteiger partial charge in [0, 0.05) is 61.8 Å². The van der Waals surface area contributed by atoms with Crippen molar-refractivity contribution < 1.29 is 22.7 Å². The average Bonchev–Trinajstić information content (AvgIpc) is 3.18. The van der Waals surface area contributed by atoms with Gasteiger partial charge in [0.2, 0.25) is 15.9 Å². The molecule has 9 nitrogen and oxygen atoms in total. The fourth-order valence-electron chi connectivity index (χ4n) is 5.61. The molecule has 1 atom stereocenters. The van der Waals surface area contributed by atoms with Crippen molar-refractivity contribution in [2.75, 3.05) is 44.2 Å². The summed E-state index contributed by atoms with van der Waals surface area (Å²) in [7, 11) is -3.92. The van der Waals surface area contributed by atoms with Crippen LogP contribution in [0, 0.1) is 26.7 Å². The Morgan fingerprint density at radius 2 is 1.76 bits per heavy atom. The Morgan fingerprint density at radius 3 is 2.38 bits per heavy atom. The smallest absolute Gasteiger partial charge is 0.341 e. The predicted octanol–water partition coefficient (Wildman–Crippen LogP) is 3.25. The minimum Gasteiger partial charge on any atom is -0.462 e. The van der Waals surface area contributed by atoms with Crippen LogP contribution in [0.15, 0.2) is 29.2 Å². The molecular formula is C27H38N4O5S. The molecule has 2 aliphatic heterocycles. The first-order chi connectivity index (χ1) is 17.5. The Hall–Kier alpha value is -2.85. The molecule has 10 heteroatoms. The second kappa shape index (κ2) is 10.9. The number of ether oxygens (including phenoxy) is 1. The van der Waals surface area contributed by atoms with E-state index >= 15 is 0 Å². The van der Waals surface area contributed by atoms with Crippen LogP contribution in [-0.4, -0.2) is 79.9 Å². The van der Waals surface area contributed by atoms with Crippen molar-refractivity contribution in [3.8, 4) is 0 Å². The molecule has 1 N–H and O–H groups in total. The Balaban J connectivity index is 1.40. The number of aromatic amines is 1. The lowest BCUT2D eigenvalue weighted by molar-refractivity contribution is -0.137. The quantitative estimate of drug-likeness (QED) is 0.575. The van der Waals surface area contributed by atoms with Gasteiger partial charge in [-0.25, -0.2) is 13.2 Å². The van der Waals surface area contributed by atoms with Crippen LogP contribution in [0.3, 0.4) is 0 Å². The molecule has 2 aliphatic rings. The summed E-state index contributed by atoms with van der Waals surface area (Å²) in [6.07, 6.45) is 0.920. The van der Waals surface area contributed by atoms with E-state index < -0.39 is 16.0 Å². The number of sulfonamides is 1. The Bertz CT molecular complexity index is 1260. The first kappa shape index (κ1) is 27.2. The fraction of sp³-hybridized carbons (Fsp3) is 0.556. The van der Waals surface area contributed by atoms with Crippen LogP contribution >= 0.6 is 0 Å². The number of H-pyrrole nitrogens is 1. The van der Waals surface area contributed by atoms with Gasteiger partial charge in [0.05, 0.1) is 6.61 Å². The third kappa shape index (κ3) is 5.40. The molecule has 0 saturated carbocycles. The summed E-state index contributed by atoms with van der Waals surface area (Å²) in [6, 6.07) is 8.61. The summed E-state index contributed by atoms with van der Waals surface area (Å²) in [6.45, 7) is 11.9. The van der Waals surface area contributed by atoms with Crippen LogP contribution in [0.5, 0.6) is 0 Å². The molecule has 1 amide bonds. The summed E-state index contributed by atoms with van der Waals surface area (Å²) in [4.78, 5) is 33.1. The van der Waals surface area contributed by atoms with E-state index in [1.165, 1.54) is 15.6 Å². The maximum Gasteiger partial charge on any atom is 0.341 e. The number of carbonyl (C=O) groups excluding carboxylic acids is 2. The van der Waals surface area contributed by atoms with E-state index in [2.05, 4.69) is 48.0 Å². The zero-order valence-corrected chi connectivity index (χ0v) is 23.2. The maximum atomic E-state index is 13.6. The van der Waals surface area contributed by atoms with E-state index in [1.54, 1.807) is 20.8 Å². The summed E-state index contributed by atoms with van der Waals surface area (Å²) < 4.78 is 33.6. The monoisotopic (exact) mass is 530 g/mol. The van der Waals surface area contributed by atoms with Crippen LogP contribution in [0.1, 0.15) is 54.0 Å². The van der Waals surface area contributed by atoms with E-state index in [1.807, 2.05) is 4.90 Å². The molecular weight excluding hydrogens is 492 g/mol. The van der Waals surface area contributed by atoms with Gasteiger partial charge in [-0.2, -0.15) is 4.31 Å². The molecule has 0 unspecified atom stereocenters. The Morgan fingerprint density at radius 1 is 1.05 bits per heavy atom. The lowest BCUT2D eigenvalue weighted by Gasteiger charge is -2.43. The van der Waals surface area contributed by atoms with E-state index in [9.17, 15) is 18.0 Å². The number of hydrogen-bond acceptors (Lipinski definition) is 6. The van der Waals surface area contributed by atoms with Gasteiger partial charge >= 0.3 is 5.97 Å². The lowest BCUT2D eigenvalue weighted by atomic mass is 9.95. The van der Waals surface area contributed by atoms with Gasteiger partial charge in [0.1, 0.15) is 10.5 Å². The van der Waals surface area contributed by atoms with Crippen LogP contribution in [0.2, 0.25) is 0 Å². The fourth-order valence-corrected chi connectivity index (χ4v) is 7.49. The van der Waals surface area contributed by atoms with Crippen molar-refractivity contribution in [2.45, 2.75) is 58.4 Å². The highest BCUT2D eigenvalue weighted by Gasteiger charge is 2.39. The second-order valence-electron chi connectivity index (χ2n) is 10.1. The third-order valence-corrected chi connectivity index (χ3v) is 9.54. The van der Waals surface area contributed by atoms with Gasteiger partial charge in [0.15, 0.2) is 0 Å². The molecule has 2 aromatic rings. The zero-order chi connectivity index (χ0) is 26.9. The van der Waals surface area contributed by atoms with Crippen molar-refractivity contribution >= 4 is 27.6 Å². The molecule has 4 rings (SSSR count). The number of rotatable bonds is 6. The molecule has 1 aromatic heterocycles. The number of benzene rings is 1. The maximum absolute atomic E-state index is 13.6. The van der Waals surface area contributed by atoms with Gasteiger partial charge in [0.25, 0.3) is 0 Å². The summed E-state index contributed by atoms with van der Waals surface area (Å²) in [5, 5.41) is 0. The highest BCUT2D eigenvalue weighted by molar-refractivity contribution is 7.89. The molecule has 0 radical (unpaired) electrons. The van der Waals surface area contributed by atoms with Gasteiger partial charge < -0.3 is 19.5 Å². The molecule has 0 aliphatic carbocycles. The minimum atomic E-state index is -3.92. The number of amides is 1. The summed E-state index contributed by atoms with van der Waals surface area (Å²) >= 11 is 0. The summed E-state index contributed by atoms with van der Waals surface area (Å²) in [5.41, 5.74) is 3.34. The SMILES string of the molecule is CCOC(=O)c1c(C)[nH]c(C)c1S(=O)(=O)N1CCC(C(=O)N2CCN(c3cccc(C)c3)[C@H](C)C2)CC1. The summed E-state index contributed by atoms with van der Waals surface area (Å²) in [5.74, 6) is -0.747. The number of piperidine rings is 1. The zero-order valence-electron chi connectivity index (χ0n) is 22.4. The number of esters is 1. The predicted molar refractivity (Wildman–Crippen MR) is 142 cm³/mol. The van der Waals surface area contributed by atoms with Gasteiger partial charge in [-0.1, -0.05) is 12.1 Å². The molecule has 3 heterocycles. The topological polar surface area (TPSA) is 103 Å². The normalized spacial score (nSPS) is 19.8. The van der Waals surface area contributed by atoms with Crippen LogP contribution in [0.4, 0.5) is 5.69 Å². The van der Waals surface area contributed by atoms with Crippen molar-refractivity contribution in [1.29, 1.82) is 0 Å². The number of nitrogens with one attached hydrogen (secondary N) is 1. The Labute approximate surface area is 219 Å². The number of aromatic nitrogens is 1. The van der Waals surface area contributed by atoms with Gasteiger partial charge in [-0.3, -0.25) is 4.79 Å². The Kier molecular flexibility index (Phi) is 7.99. The lowest BCUT2D eigenvalue weighted by Crippen LogP contribution is -2.55. The molecule has 37 heavy (non-hydrogen) atoms. The van der Waals surface area contributed by atoms with Crippen LogP contribution in [0.25, 0.3) is 0 Å². The largest absolute Gasteiger partial charge is 0.462 e. The first-order valence-corrected chi connectivity index (χ1v) is 14.5. The van der Waals surface area contributed by atoms with Gasteiger partial charge in [-0.15, -0.1) is 0 Å². The van der Waals surface area contributed by atoms with Crippen molar-refractivity contribution in [3.05, 3.63) is 46.8 Å². The molecule has 0 spiro atoms. The van der Waals surface area contributed by atoms with E-state index in [0.29, 0.717) is 37.3 Å². The average molecular weight is 531 g/mol. The second-order valence-corrected chi connectivity index (χ2v) is 12.0. The molecule has 2 saturated heterocycles. The highest BCUT2D eigenvalue weighted by Crippen LogP contribution is 2.31. The number of piperazine rings is 1. The minimum absolute atomic E-state index is 0.0191. The number of anilines is 1. The molecule has 0 bridgehead atoms. The van der Waals surface area contributed by atoms with Crippen molar-refractivity contribution in [3.63, 3.8) is 0 Å². The van der Waals surface area contributed by atoms with Crippen molar-refractivity contribution in [2.24, 2.45) is 5.92 Å². The molecule has 2 fully saturated rings. The van der Waals surface area contributed by atoms with Crippen molar-refractivity contribution in [1.82, 2.24) is 14.2 Å². The standard InChI is InChI=1S/C27H38N4O5S/c1-6-36-27(33)24-20(4)28-21(5)25(24)37(34,35)30-12-10-22(11-13-30)26(32)29-14-15-31(19(3)17-29)23-9-7-8-18(2)16-23/h7-9,16,19,22,28H,6,10-15,17H2,1-5H3/t19-/m1/s1. The van der Waals surface area contributed by atoms with Crippen LogP contribution in [-0.2, 0) is 19.6 Å². The first-order valence-electron chi connectivity index (χ1n) is 13.0. The van der Waals surface area contributed by atoms with Crippen LogP contribution < -0.4 is 4.90 Å². The molecule has 202 valence electrons. The van der Waals surface area contributed by atoms with E-state index in [-0.39, 0.29) is 48.0 Å². The number of hydrogen-bond donors (Lipinski definition) is 1. The third-order valence-electron chi connectivity index (χ3n) is 7.47. The number of carbonyl (C=O) groups is 2. The molecule has 1 aromatic carbocycles.